The molecule has 0 saturated carbocycles. The predicted octanol–water partition coefficient (Wildman–Crippen LogP) is 3.91. The standard InChI is InChI=1S/C35H32N12O8/c1-20-12-26(44-54-20)32-40-39-31-16-29(35(43-47(31)32)52-18-22-7-5-6-21(37-22)17-48-2)51-11-9-25-14-27(45-55-25)33-41-38-30-15-28(50-4)34(42-46(30)33)53-19-23-13-24(49-3)8-10-36-23/h5-8,10,12-16H,9,11,17-19H2,1-4H3. The van der Waals surface area contributed by atoms with Gasteiger partial charge in [0.2, 0.25) is 11.6 Å². The summed E-state index contributed by atoms with van der Waals surface area (Å²) in [5, 5.41) is 34.6. The van der Waals surface area contributed by atoms with Crippen molar-refractivity contribution in [2.24, 2.45) is 0 Å². The van der Waals surface area contributed by atoms with E-state index in [2.05, 4.69) is 50.9 Å². The minimum absolute atomic E-state index is 0.106. The van der Waals surface area contributed by atoms with Gasteiger partial charge in [-0.15, -0.1) is 30.6 Å². The van der Waals surface area contributed by atoms with Crippen LogP contribution in [0.2, 0.25) is 0 Å². The van der Waals surface area contributed by atoms with E-state index in [1.807, 2.05) is 18.2 Å². The van der Waals surface area contributed by atoms with Gasteiger partial charge in [-0.3, -0.25) is 9.97 Å². The van der Waals surface area contributed by atoms with Gasteiger partial charge in [0.25, 0.3) is 11.8 Å². The molecule has 0 bridgehead atoms. The number of pyridine rings is 2. The van der Waals surface area contributed by atoms with Gasteiger partial charge in [0.05, 0.1) is 44.5 Å². The van der Waals surface area contributed by atoms with Crippen molar-refractivity contribution < 1.29 is 37.5 Å². The number of ether oxygens (including phenoxy) is 6. The second-order valence-electron chi connectivity index (χ2n) is 11.8. The van der Waals surface area contributed by atoms with Gasteiger partial charge in [-0.05, 0) is 25.1 Å². The number of hydrogen-bond donors (Lipinski definition) is 0. The largest absolute Gasteiger partial charge is 0.497 e. The Balaban J connectivity index is 0.997. The summed E-state index contributed by atoms with van der Waals surface area (Å²) in [7, 11) is 4.71. The lowest BCUT2D eigenvalue weighted by molar-refractivity contribution is 0.180. The van der Waals surface area contributed by atoms with Crippen LogP contribution in [-0.4, -0.2) is 87.8 Å². The van der Waals surface area contributed by atoms with Gasteiger partial charge in [0.15, 0.2) is 34.2 Å². The monoisotopic (exact) mass is 748 g/mol. The van der Waals surface area contributed by atoms with Crippen molar-refractivity contribution >= 4 is 11.3 Å². The van der Waals surface area contributed by atoms with Crippen molar-refractivity contribution in [3.63, 3.8) is 0 Å². The second-order valence-corrected chi connectivity index (χ2v) is 11.8. The van der Waals surface area contributed by atoms with Crippen LogP contribution in [0.3, 0.4) is 0 Å². The Morgan fingerprint density at radius 3 is 2.02 bits per heavy atom. The highest BCUT2D eigenvalue weighted by Crippen LogP contribution is 2.30. The van der Waals surface area contributed by atoms with E-state index in [1.165, 1.54) is 16.1 Å². The summed E-state index contributed by atoms with van der Waals surface area (Å²) in [6.07, 6.45) is 1.96. The zero-order chi connectivity index (χ0) is 37.7. The van der Waals surface area contributed by atoms with Crippen LogP contribution in [0.5, 0.6) is 29.0 Å². The normalized spacial score (nSPS) is 11.3. The van der Waals surface area contributed by atoms with Crippen LogP contribution in [0, 0.1) is 6.92 Å². The van der Waals surface area contributed by atoms with Crippen molar-refractivity contribution in [3.05, 3.63) is 89.4 Å². The number of aryl methyl sites for hydroxylation is 1. The van der Waals surface area contributed by atoms with Crippen LogP contribution < -0.4 is 23.7 Å². The highest BCUT2D eigenvalue weighted by molar-refractivity contribution is 5.58. The van der Waals surface area contributed by atoms with Gasteiger partial charge in [0.1, 0.15) is 30.5 Å². The van der Waals surface area contributed by atoms with E-state index in [0.717, 1.165) is 5.69 Å². The summed E-state index contributed by atoms with van der Waals surface area (Å²) in [5.41, 5.74) is 3.77. The third kappa shape index (κ3) is 7.51. The van der Waals surface area contributed by atoms with Gasteiger partial charge in [-0.25, -0.2) is 0 Å². The number of fused-ring (bicyclic) bond motifs is 2. The first-order chi connectivity index (χ1) is 27.0. The second kappa shape index (κ2) is 15.4. The third-order valence-corrected chi connectivity index (χ3v) is 8.02. The van der Waals surface area contributed by atoms with Crippen LogP contribution in [-0.2, 0) is 31.0 Å². The molecule has 0 spiro atoms. The average molecular weight is 749 g/mol. The van der Waals surface area contributed by atoms with Crippen LogP contribution in [0.25, 0.3) is 34.3 Å². The molecule has 0 unspecified atom stereocenters. The fraction of sp³-hybridized carbons (Fsp3) is 0.257. The van der Waals surface area contributed by atoms with Crippen molar-refractivity contribution in [1.82, 2.24) is 59.9 Å². The molecule has 0 atom stereocenters. The van der Waals surface area contributed by atoms with Gasteiger partial charge in [-0.2, -0.15) is 9.03 Å². The number of methoxy groups -OCH3 is 3. The maximum atomic E-state index is 6.19. The predicted molar refractivity (Wildman–Crippen MR) is 187 cm³/mol. The SMILES string of the molecule is COCc1cccc(COc2nn3c(-c4cc(C)on4)nnc3cc2OCCc2cc(-c3nnc4cc(OC)c(OCc5cc(OC)ccn5)nn34)no2)n1. The van der Waals surface area contributed by atoms with Gasteiger partial charge >= 0.3 is 0 Å². The molecule has 8 aromatic rings. The van der Waals surface area contributed by atoms with Gasteiger partial charge in [0, 0.05) is 50.1 Å². The number of hydrogen-bond acceptors (Lipinski definition) is 18. The first kappa shape index (κ1) is 34.8. The molecule has 20 heteroatoms. The summed E-state index contributed by atoms with van der Waals surface area (Å²) in [5.74, 6) is 3.58. The summed E-state index contributed by atoms with van der Waals surface area (Å²) in [6, 6.07) is 15.9. The molecule has 280 valence electrons. The van der Waals surface area contributed by atoms with Crippen molar-refractivity contribution in [2.45, 2.75) is 33.2 Å². The molecular formula is C35H32N12O8. The molecule has 0 aromatic carbocycles. The molecule has 8 rings (SSSR count). The van der Waals surface area contributed by atoms with E-state index in [0.29, 0.717) is 87.5 Å². The van der Waals surface area contributed by atoms with Crippen LogP contribution in [0.4, 0.5) is 0 Å². The smallest absolute Gasteiger partial charge is 0.275 e. The zero-order valence-corrected chi connectivity index (χ0v) is 29.9. The number of rotatable bonds is 16. The van der Waals surface area contributed by atoms with E-state index in [9.17, 15) is 0 Å². The average Bonchev–Trinajstić information content (AvgIpc) is 4.03. The Labute approximate surface area is 310 Å². The Morgan fingerprint density at radius 1 is 0.655 bits per heavy atom. The lowest BCUT2D eigenvalue weighted by atomic mass is 10.3. The number of aromatic nitrogens is 12. The summed E-state index contributed by atoms with van der Waals surface area (Å²) in [6.45, 7) is 2.54. The van der Waals surface area contributed by atoms with Gasteiger partial charge in [-0.1, -0.05) is 16.4 Å². The zero-order valence-electron chi connectivity index (χ0n) is 29.9. The minimum atomic E-state index is 0.106. The summed E-state index contributed by atoms with van der Waals surface area (Å²) in [4.78, 5) is 8.90. The fourth-order valence-corrected chi connectivity index (χ4v) is 5.42. The molecular weight excluding hydrogens is 716 g/mol. The van der Waals surface area contributed by atoms with E-state index in [-0.39, 0.29) is 31.6 Å². The fourth-order valence-electron chi connectivity index (χ4n) is 5.42. The molecule has 0 aliphatic rings. The molecule has 0 amide bonds. The van der Waals surface area contributed by atoms with Crippen molar-refractivity contribution in [3.8, 4) is 52.0 Å². The lowest BCUT2D eigenvalue weighted by Crippen LogP contribution is -2.08. The van der Waals surface area contributed by atoms with E-state index in [4.69, 9.17) is 37.5 Å². The van der Waals surface area contributed by atoms with E-state index >= 15 is 0 Å². The van der Waals surface area contributed by atoms with Crippen molar-refractivity contribution in [2.75, 3.05) is 27.9 Å². The van der Waals surface area contributed by atoms with Crippen LogP contribution in [0.15, 0.2) is 69.8 Å². The third-order valence-electron chi connectivity index (χ3n) is 8.02. The maximum Gasteiger partial charge on any atom is 0.275 e. The Hall–Kier alpha value is -7.22. The first-order valence-electron chi connectivity index (χ1n) is 16.8. The van der Waals surface area contributed by atoms with Crippen LogP contribution >= 0.6 is 0 Å². The topological polar surface area (TPSA) is 219 Å². The molecule has 0 aliphatic heterocycles. The van der Waals surface area contributed by atoms with Crippen LogP contribution in [0.1, 0.15) is 28.6 Å². The maximum absolute atomic E-state index is 6.19. The highest BCUT2D eigenvalue weighted by Gasteiger charge is 2.21. The minimum Gasteiger partial charge on any atom is -0.497 e. The van der Waals surface area contributed by atoms with E-state index in [1.54, 1.807) is 63.7 Å². The number of nitrogens with zero attached hydrogens (tertiary/aromatic N) is 12. The quantitative estimate of drug-likeness (QED) is 0.137. The molecule has 0 fully saturated rings. The molecule has 0 radical (unpaired) electrons. The Kier molecular flexibility index (Phi) is 9.76. The molecule has 8 heterocycles. The highest BCUT2D eigenvalue weighted by atomic mass is 16.5. The van der Waals surface area contributed by atoms with E-state index < -0.39 is 0 Å². The molecule has 8 aromatic heterocycles. The molecule has 55 heavy (non-hydrogen) atoms. The molecule has 0 saturated heterocycles. The first-order valence-corrected chi connectivity index (χ1v) is 16.8. The lowest BCUT2D eigenvalue weighted by Gasteiger charge is -2.12. The van der Waals surface area contributed by atoms with Gasteiger partial charge < -0.3 is 37.5 Å². The molecule has 0 aliphatic carbocycles. The summed E-state index contributed by atoms with van der Waals surface area (Å²) >= 11 is 0. The molecule has 0 N–H and O–H groups in total. The summed E-state index contributed by atoms with van der Waals surface area (Å²) < 4.78 is 48.2. The van der Waals surface area contributed by atoms with Crippen molar-refractivity contribution in [1.29, 1.82) is 0 Å². The molecule has 20 nitrogen and oxygen atoms in total. The Bertz CT molecular complexity index is 2580. The Morgan fingerprint density at radius 2 is 1.33 bits per heavy atom.